The molecule has 0 fully saturated rings. The van der Waals surface area contributed by atoms with E-state index in [1.54, 1.807) is 30.5 Å². The summed E-state index contributed by atoms with van der Waals surface area (Å²) in [5, 5.41) is 20.5. The number of rotatable bonds is 4. The molecule has 10 heteroatoms. The van der Waals surface area contributed by atoms with E-state index in [0.717, 1.165) is 11.8 Å². The SMILES string of the molecule is COC(=O)C1(C#N)C(C)=CSC1NC(=O)Nc1cc(C(C)(C)C)nn1-c1ccc(F)cc1. The molecule has 0 bridgehead atoms. The Balaban J connectivity index is 1.89. The predicted molar refractivity (Wildman–Crippen MR) is 120 cm³/mol. The summed E-state index contributed by atoms with van der Waals surface area (Å²) in [6.07, 6.45) is 0. The molecular formula is C22H24FN5O3S. The lowest BCUT2D eigenvalue weighted by Gasteiger charge is -2.27. The van der Waals surface area contributed by atoms with Crippen LogP contribution in [0.15, 0.2) is 41.3 Å². The van der Waals surface area contributed by atoms with E-state index < -0.39 is 22.8 Å². The lowest BCUT2D eigenvalue weighted by atomic mass is 9.83. The number of ether oxygens (including phenoxy) is 1. The van der Waals surface area contributed by atoms with Crippen LogP contribution in [0.3, 0.4) is 0 Å². The quantitative estimate of drug-likeness (QED) is 0.670. The van der Waals surface area contributed by atoms with E-state index >= 15 is 0 Å². The normalized spacial score (nSPS) is 20.3. The Kier molecular flexibility index (Phi) is 6.32. The first-order chi connectivity index (χ1) is 15.0. The van der Waals surface area contributed by atoms with Crippen LogP contribution in [-0.4, -0.2) is 34.3 Å². The van der Waals surface area contributed by atoms with Gasteiger partial charge in [0.2, 0.25) is 5.41 Å². The summed E-state index contributed by atoms with van der Waals surface area (Å²) < 4.78 is 19.7. The Hall–Kier alpha value is -3.32. The molecule has 2 amide bonds. The lowest BCUT2D eigenvalue weighted by Crippen LogP contribution is -2.49. The number of hydrogen-bond donors (Lipinski definition) is 2. The second kappa shape index (κ2) is 8.67. The van der Waals surface area contributed by atoms with Crippen LogP contribution in [0.5, 0.6) is 0 Å². The van der Waals surface area contributed by atoms with Crippen LogP contribution < -0.4 is 10.6 Å². The Labute approximate surface area is 189 Å². The number of carbonyl (C=O) groups is 2. The van der Waals surface area contributed by atoms with Gasteiger partial charge in [-0.15, -0.1) is 11.8 Å². The second-order valence-corrected chi connectivity index (χ2v) is 9.36. The second-order valence-electron chi connectivity index (χ2n) is 8.38. The number of esters is 1. The van der Waals surface area contributed by atoms with Crippen molar-refractivity contribution in [2.24, 2.45) is 5.41 Å². The number of nitrogens with zero attached hydrogens (tertiary/aromatic N) is 3. The highest BCUT2D eigenvalue weighted by Gasteiger charge is 2.53. The fourth-order valence-electron chi connectivity index (χ4n) is 3.22. The van der Waals surface area contributed by atoms with Crippen LogP contribution in [-0.2, 0) is 14.9 Å². The van der Waals surface area contributed by atoms with E-state index in [-0.39, 0.29) is 11.2 Å². The van der Waals surface area contributed by atoms with Gasteiger partial charge in [-0.3, -0.25) is 5.32 Å². The maximum absolute atomic E-state index is 13.4. The smallest absolute Gasteiger partial charge is 0.333 e. The summed E-state index contributed by atoms with van der Waals surface area (Å²) in [4.78, 5) is 25.3. The molecule has 2 aromatic rings. The molecule has 2 atom stereocenters. The number of nitrogens with one attached hydrogen (secondary N) is 2. The van der Waals surface area contributed by atoms with Crippen LogP contribution in [0, 0.1) is 22.6 Å². The highest BCUT2D eigenvalue weighted by Crippen LogP contribution is 2.45. The van der Waals surface area contributed by atoms with Gasteiger partial charge in [0.1, 0.15) is 17.0 Å². The summed E-state index contributed by atoms with van der Waals surface area (Å²) in [6, 6.07) is 8.82. The van der Waals surface area contributed by atoms with Crippen molar-refractivity contribution in [3.8, 4) is 11.8 Å². The number of urea groups is 1. The first-order valence-electron chi connectivity index (χ1n) is 9.79. The molecule has 2 N–H and O–H groups in total. The Morgan fingerprint density at radius 2 is 1.97 bits per heavy atom. The molecule has 3 rings (SSSR count). The average Bonchev–Trinajstić information content (AvgIpc) is 3.30. The number of hydrogen-bond acceptors (Lipinski definition) is 6. The molecule has 2 unspecified atom stereocenters. The summed E-state index contributed by atoms with van der Waals surface area (Å²) in [6.45, 7) is 7.59. The van der Waals surface area contributed by atoms with E-state index in [0.29, 0.717) is 22.8 Å². The molecule has 168 valence electrons. The fourth-order valence-corrected chi connectivity index (χ4v) is 4.46. The first-order valence-corrected chi connectivity index (χ1v) is 10.7. The van der Waals surface area contributed by atoms with Crippen LogP contribution >= 0.6 is 11.8 Å². The lowest BCUT2D eigenvalue weighted by molar-refractivity contribution is -0.147. The van der Waals surface area contributed by atoms with Gasteiger partial charge in [0, 0.05) is 11.5 Å². The van der Waals surface area contributed by atoms with Crippen molar-refractivity contribution < 1.29 is 18.7 Å². The number of carbonyl (C=O) groups excluding carboxylic acids is 2. The van der Waals surface area contributed by atoms with Gasteiger partial charge in [-0.25, -0.2) is 18.7 Å². The van der Waals surface area contributed by atoms with Gasteiger partial charge in [0.15, 0.2) is 0 Å². The van der Waals surface area contributed by atoms with Crippen LogP contribution in [0.1, 0.15) is 33.4 Å². The topological polar surface area (TPSA) is 109 Å². The predicted octanol–water partition coefficient (Wildman–Crippen LogP) is 4.09. The maximum Gasteiger partial charge on any atom is 0.333 e. The first kappa shape index (κ1) is 23.3. The molecule has 0 saturated carbocycles. The minimum atomic E-state index is -1.62. The molecule has 0 saturated heterocycles. The number of amides is 2. The van der Waals surface area contributed by atoms with Crippen molar-refractivity contribution in [3.05, 3.63) is 52.8 Å². The van der Waals surface area contributed by atoms with E-state index in [1.807, 2.05) is 26.8 Å². The standard InChI is InChI=1S/C22H24FN5O3S/c1-13-11-32-18(22(13,12-24)19(29)31-5)26-20(30)25-17-10-16(21(2,3)4)27-28(17)15-8-6-14(23)7-9-15/h6-11,18H,1-5H3,(H2,25,26,30). The molecule has 1 aromatic heterocycles. The average molecular weight is 458 g/mol. The highest BCUT2D eigenvalue weighted by atomic mass is 32.2. The van der Waals surface area contributed by atoms with Gasteiger partial charge in [-0.1, -0.05) is 20.8 Å². The Morgan fingerprint density at radius 3 is 2.53 bits per heavy atom. The third-order valence-corrected chi connectivity index (χ3v) is 6.37. The van der Waals surface area contributed by atoms with Gasteiger partial charge in [0.25, 0.3) is 0 Å². The van der Waals surface area contributed by atoms with Crippen molar-refractivity contribution in [2.45, 2.75) is 38.5 Å². The molecule has 32 heavy (non-hydrogen) atoms. The van der Waals surface area contributed by atoms with Crippen LogP contribution in [0.25, 0.3) is 5.69 Å². The third kappa shape index (κ3) is 4.21. The van der Waals surface area contributed by atoms with Crippen molar-refractivity contribution in [1.82, 2.24) is 15.1 Å². The van der Waals surface area contributed by atoms with Gasteiger partial charge >= 0.3 is 12.0 Å². The number of methoxy groups -OCH3 is 1. The van der Waals surface area contributed by atoms with E-state index in [9.17, 15) is 19.2 Å². The van der Waals surface area contributed by atoms with E-state index in [4.69, 9.17) is 4.74 Å². The zero-order valence-electron chi connectivity index (χ0n) is 18.4. The zero-order chi connectivity index (χ0) is 23.7. The molecule has 8 nitrogen and oxygen atoms in total. The van der Waals surface area contributed by atoms with E-state index in [1.165, 1.54) is 23.9 Å². The monoisotopic (exact) mass is 457 g/mol. The molecule has 1 aromatic carbocycles. The fraction of sp³-hybridized carbons (Fsp3) is 0.364. The summed E-state index contributed by atoms with van der Waals surface area (Å²) >= 11 is 1.15. The summed E-state index contributed by atoms with van der Waals surface area (Å²) in [5.41, 5.74) is -0.156. The summed E-state index contributed by atoms with van der Waals surface area (Å²) in [5.74, 6) is -0.774. The molecule has 0 aliphatic carbocycles. The van der Waals surface area contributed by atoms with Gasteiger partial charge in [-0.2, -0.15) is 10.4 Å². The number of halogens is 1. The highest BCUT2D eigenvalue weighted by molar-refractivity contribution is 8.03. The van der Waals surface area contributed by atoms with Gasteiger partial charge in [0.05, 0.1) is 24.6 Å². The molecule has 0 radical (unpaired) electrons. The maximum atomic E-state index is 13.4. The van der Waals surface area contributed by atoms with Crippen molar-refractivity contribution in [1.29, 1.82) is 5.26 Å². The molecule has 1 aliphatic rings. The van der Waals surface area contributed by atoms with Crippen molar-refractivity contribution in [2.75, 3.05) is 12.4 Å². The van der Waals surface area contributed by atoms with Gasteiger partial charge in [-0.05, 0) is 42.2 Å². The number of thioether (sulfide) groups is 1. The zero-order valence-corrected chi connectivity index (χ0v) is 19.2. The van der Waals surface area contributed by atoms with Crippen LogP contribution in [0.4, 0.5) is 15.0 Å². The Bertz CT molecular complexity index is 1110. The largest absolute Gasteiger partial charge is 0.467 e. The number of anilines is 1. The molecule has 2 heterocycles. The van der Waals surface area contributed by atoms with Crippen molar-refractivity contribution in [3.63, 3.8) is 0 Å². The van der Waals surface area contributed by atoms with Gasteiger partial charge < -0.3 is 10.1 Å². The van der Waals surface area contributed by atoms with E-state index in [2.05, 4.69) is 15.7 Å². The molecule has 1 aliphatic heterocycles. The number of nitriles is 1. The van der Waals surface area contributed by atoms with Crippen molar-refractivity contribution >= 4 is 29.6 Å². The number of benzene rings is 1. The molecule has 0 spiro atoms. The minimum absolute atomic E-state index is 0.304. The summed E-state index contributed by atoms with van der Waals surface area (Å²) in [7, 11) is 1.20. The number of aromatic nitrogens is 2. The molecular weight excluding hydrogens is 433 g/mol. The van der Waals surface area contributed by atoms with Crippen LogP contribution in [0.2, 0.25) is 0 Å². The minimum Gasteiger partial charge on any atom is -0.467 e. The Morgan fingerprint density at radius 1 is 1.31 bits per heavy atom. The third-order valence-electron chi connectivity index (χ3n) is 5.13.